The molecule has 0 atom stereocenters. The fraction of sp³-hybridized carbons (Fsp3) is 0. The maximum absolute atomic E-state index is 7.01. The van der Waals surface area contributed by atoms with Crippen LogP contribution >= 0.6 is 0 Å². The van der Waals surface area contributed by atoms with Crippen molar-refractivity contribution in [1.82, 2.24) is 0 Å². The molecule has 0 fully saturated rings. The number of hydrogen-bond donors (Lipinski definition) is 0. The quantitative estimate of drug-likeness (QED) is 0.149. The number of rotatable bonds is 7. The molecule has 0 unspecified atom stereocenters. The van der Waals surface area contributed by atoms with Crippen molar-refractivity contribution in [3.63, 3.8) is 0 Å². The lowest BCUT2D eigenvalue weighted by atomic mass is 9.91. The van der Waals surface area contributed by atoms with Crippen molar-refractivity contribution in [2.45, 2.75) is 0 Å². The van der Waals surface area contributed by atoms with E-state index in [9.17, 15) is 0 Å². The minimum Gasteiger partial charge on any atom is -0.455 e. The van der Waals surface area contributed by atoms with Crippen LogP contribution in [0.2, 0.25) is 0 Å². The first-order chi connectivity index (χ1) is 32.8. The Hall–Kier alpha value is -8.72. The first kappa shape index (κ1) is 37.8. The van der Waals surface area contributed by atoms with Crippen LogP contribution in [0, 0.1) is 0 Å². The summed E-state index contributed by atoms with van der Waals surface area (Å²) in [5.41, 5.74) is 14.0. The molecule has 0 bridgehead atoms. The third-order valence-corrected chi connectivity index (χ3v) is 13.5. The molecular weight excluding hydrogens is 799 g/mol. The summed E-state index contributed by atoms with van der Waals surface area (Å²) in [6, 6.07) is 90.2. The van der Waals surface area contributed by atoms with Gasteiger partial charge in [-0.15, -0.1) is 0 Å². The SMILES string of the molecule is c1ccc(-c2ccccc2-c2ccccc2N(c2cccc(-c3ccc4c5ccccc5c5ccccc5c4c3)c2)c2ccc(-c3cccc4ccccc34)c3oc4ccccc4c23)cc1. The van der Waals surface area contributed by atoms with Crippen molar-refractivity contribution in [3.05, 3.63) is 249 Å². The van der Waals surface area contributed by atoms with E-state index in [-0.39, 0.29) is 0 Å². The summed E-state index contributed by atoms with van der Waals surface area (Å²) in [6.45, 7) is 0. The maximum Gasteiger partial charge on any atom is 0.145 e. The van der Waals surface area contributed by atoms with Gasteiger partial charge in [-0.25, -0.2) is 0 Å². The van der Waals surface area contributed by atoms with Gasteiger partial charge in [0.2, 0.25) is 0 Å². The highest BCUT2D eigenvalue weighted by Crippen LogP contribution is 2.50. The third kappa shape index (κ3) is 6.11. The van der Waals surface area contributed by atoms with Gasteiger partial charge in [-0.3, -0.25) is 0 Å². The molecule has 13 aromatic rings. The average Bonchev–Trinajstić information content (AvgIpc) is 3.79. The molecule has 13 rings (SSSR count). The van der Waals surface area contributed by atoms with E-state index in [1.54, 1.807) is 0 Å². The standard InChI is InChI=1S/C64H41NO/c1-2-18-42(19-3-1)47-25-6-7-26-49(47)56-31-12-14-34-60(56)65(61-39-38-57(50-33-17-21-43-20-4-5-24-48(43)50)64-63(61)58-32-13-15-35-62(58)66-64)46-23-16-22-44(40-46)45-36-37-55-53-29-9-8-27-51(53)52-28-10-11-30-54(52)59(55)41-45/h1-41H. The van der Waals surface area contributed by atoms with Crippen LogP contribution in [0.3, 0.4) is 0 Å². The van der Waals surface area contributed by atoms with Crippen LogP contribution in [0.15, 0.2) is 253 Å². The monoisotopic (exact) mass is 839 g/mol. The lowest BCUT2D eigenvalue weighted by Gasteiger charge is -2.30. The summed E-state index contributed by atoms with van der Waals surface area (Å²) in [7, 11) is 0. The number of anilines is 3. The fourth-order valence-electron chi connectivity index (χ4n) is 10.5. The zero-order valence-corrected chi connectivity index (χ0v) is 36.0. The van der Waals surface area contributed by atoms with Crippen LogP contribution in [0.5, 0.6) is 0 Å². The predicted octanol–water partition coefficient (Wildman–Crippen LogP) is 18.3. The molecule has 0 saturated carbocycles. The van der Waals surface area contributed by atoms with E-state index in [0.717, 1.165) is 72.4 Å². The Labute approximate surface area is 382 Å². The highest BCUT2D eigenvalue weighted by atomic mass is 16.3. The van der Waals surface area contributed by atoms with Gasteiger partial charge in [0.25, 0.3) is 0 Å². The molecule has 0 spiro atoms. The summed E-state index contributed by atoms with van der Waals surface area (Å²) >= 11 is 0. The highest BCUT2D eigenvalue weighted by molar-refractivity contribution is 6.26. The molecule has 0 N–H and O–H groups in total. The van der Waals surface area contributed by atoms with Crippen LogP contribution in [-0.4, -0.2) is 0 Å². The second-order valence-corrected chi connectivity index (χ2v) is 17.1. The number of para-hydroxylation sites is 2. The van der Waals surface area contributed by atoms with Crippen molar-refractivity contribution in [2.24, 2.45) is 0 Å². The van der Waals surface area contributed by atoms with Crippen LogP contribution in [0.4, 0.5) is 17.1 Å². The van der Waals surface area contributed by atoms with Crippen LogP contribution in [0.1, 0.15) is 0 Å². The largest absolute Gasteiger partial charge is 0.455 e. The molecule has 0 aliphatic carbocycles. The van der Waals surface area contributed by atoms with Crippen molar-refractivity contribution in [1.29, 1.82) is 0 Å². The Morgan fingerprint density at radius 3 is 1.61 bits per heavy atom. The van der Waals surface area contributed by atoms with Crippen molar-refractivity contribution >= 4 is 82.1 Å². The number of furan rings is 1. The third-order valence-electron chi connectivity index (χ3n) is 13.5. The average molecular weight is 840 g/mol. The molecule has 0 aliphatic rings. The van der Waals surface area contributed by atoms with E-state index in [2.05, 4.69) is 254 Å². The highest BCUT2D eigenvalue weighted by Gasteiger charge is 2.25. The van der Waals surface area contributed by atoms with Gasteiger partial charge < -0.3 is 9.32 Å². The normalized spacial score (nSPS) is 11.6. The zero-order chi connectivity index (χ0) is 43.6. The minimum absolute atomic E-state index is 0.855. The van der Waals surface area contributed by atoms with Gasteiger partial charge in [-0.2, -0.15) is 0 Å². The lowest BCUT2D eigenvalue weighted by Crippen LogP contribution is -2.12. The van der Waals surface area contributed by atoms with Gasteiger partial charge in [-0.1, -0.05) is 206 Å². The molecule has 0 aliphatic heterocycles. The molecule has 1 heterocycles. The number of fused-ring (bicyclic) bond motifs is 10. The summed E-state index contributed by atoms with van der Waals surface area (Å²) in [5, 5.41) is 12.1. The molecule has 2 heteroatoms. The van der Waals surface area contributed by atoms with Gasteiger partial charge in [0.1, 0.15) is 11.2 Å². The number of nitrogens with zero attached hydrogens (tertiary/aromatic N) is 1. The molecule has 12 aromatic carbocycles. The topological polar surface area (TPSA) is 16.4 Å². The Morgan fingerprint density at radius 1 is 0.273 bits per heavy atom. The molecular formula is C64H41NO. The van der Waals surface area contributed by atoms with E-state index in [1.807, 2.05) is 0 Å². The van der Waals surface area contributed by atoms with Gasteiger partial charge in [0.15, 0.2) is 0 Å². The van der Waals surface area contributed by atoms with Crippen molar-refractivity contribution in [2.75, 3.05) is 4.90 Å². The first-order valence-corrected chi connectivity index (χ1v) is 22.7. The van der Waals surface area contributed by atoms with Gasteiger partial charge in [0, 0.05) is 22.2 Å². The van der Waals surface area contributed by atoms with E-state index in [1.165, 1.54) is 54.2 Å². The van der Waals surface area contributed by atoms with Gasteiger partial charge >= 0.3 is 0 Å². The fourth-order valence-corrected chi connectivity index (χ4v) is 10.5. The van der Waals surface area contributed by atoms with E-state index in [0.29, 0.717) is 0 Å². The zero-order valence-electron chi connectivity index (χ0n) is 36.0. The predicted molar refractivity (Wildman–Crippen MR) is 280 cm³/mol. The molecule has 1 aromatic heterocycles. The summed E-state index contributed by atoms with van der Waals surface area (Å²) in [4.78, 5) is 2.46. The molecule has 66 heavy (non-hydrogen) atoms. The van der Waals surface area contributed by atoms with Crippen molar-refractivity contribution < 1.29 is 4.42 Å². The molecule has 2 nitrogen and oxygen atoms in total. The van der Waals surface area contributed by atoms with E-state index >= 15 is 0 Å². The molecule has 0 radical (unpaired) electrons. The van der Waals surface area contributed by atoms with E-state index < -0.39 is 0 Å². The second kappa shape index (κ2) is 15.5. The second-order valence-electron chi connectivity index (χ2n) is 17.1. The Morgan fingerprint density at radius 2 is 0.818 bits per heavy atom. The minimum atomic E-state index is 0.855. The van der Waals surface area contributed by atoms with Crippen molar-refractivity contribution in [3.8, 4) is 44.5 Å². The van der Waals surface area contributed by atoms with Gasteiger partial charge in [-0.05, 0) is 119 Å². The number of hydrogen-bond acceptors (Lipinski definition) is 2. The Balaban J connectivity index is 1.08. The van der Waals surface area contributed by atoms with Crippen LogP contribution in [0.25, 0.3) is 110 Å². The molecule has 0 amide bonds. The lowest BCUT2D eigenvalue weighted by molar-refractivity contribution is 0.670. The molecule has 308 valence electrons. The van der Waals surface area contributed by atoms with Crippen LogP contribution < -0.4 is 4.90 Å². The number of benzene rings is 12. The maximum atomic E-state index is 7.01. The first-order valence-electron chi connectivity index (χ1n) is 22.7. The molecule has 0 saturated heterocycles. The smallest absolute Gasteiger partial charge is 0.145 e. The van der Waals surface area contributed by atoms with Crippen LogP contribution in [-0.2, 0) is 0 Å². The van der Waals surface area contributed by atoms with Gasteiger partial charge in [0.05, 0.1) is 16.8 Å². The summed E-state index contributed by atoms with van der Waals surface area (Å²) in [6.07, 6.45) is 0. The van der Waals surface area contributed by atoms with E-state index in [4.69, 9.17) is 4.42 Å². The summed E-state index contributed by atoms with van der Waals surface area (Å²) < 4.78 is 7.01. The Kier molecular flexibility index (Phi) is 8.89. The Bertz CT molecular complexity index is 3970. The summed E-state index contributed by atoms with van der Waals surface area (Å²) in [5.74, 6) is 0.